The Kier molecular flexibility index (Phi) is 31.0. The second-order valence-corrected chi connectivity index (χ2v) is 4.22. The van der Waals surface area contributed by atoms with E-state index in [1.165, 1.54) is 0 Å². The molecule has 0 heterocycles. The van der Waals surface area contributed by atoms with Gasteiger partial charge >= 0.3 is 34.1 Å². The zero-order valence-corrected chi connectivity index (χ0v) is 17.9. The van der Waals surface area contributed by atoms with Crippen molar-refractivity contribution in [2.45, 2.75) is 0 Å². The molecule has 188 valence electrons. The van der Waals surface area contributed by atoms with Gasteiger partial charge in [-0.05, 0) is 0 Å². The number of halogens is 12. The van der Waals surface area contributed by atoms with E-state index >= 15 is 0 Å². The van der Waals surface area contributed by atoms with Crippen LogP contribution in [0.4, 0.5) is 52.7 Å². The quantitative estimate of drug-likeness (QED) is 0.198. The minimum atomic E-state index is -3.11. The summed E-state index contributed by atoms with van der Waals surface area (Å²) in [7, 11) is 0. The van der Waals surface area contributed by atoms with Crippen LogP contribution in [0.3, 0.4) is 0 Å². The molecule has 0 aliphatic heterocycles. The molecule has 0 amide bonds. The van der Waals surface area contributed by atoms with E-state index in [0.717, 1.165) is 0 Å². The van der Waals surface area contributed by atoms with E-state index in [-0.39, 0.29) is 39.6 Å². The first kappa shape index (κ1) is 41.3. The molecule has 0 spiro atoms. The molecule has 0 aromatic heterocycles. The van der Waals surface area contributed by atoms with Crippen LogP contribution in [0.25, 0.3) is 0 Å². The number of hydrogen-bond donors (Lipinski definition) is 0. The van der Waals surface area contributed by atoms with Gasteiger partial charge in [0.2, 0.25) is 0 Å². The van der Waals surface area contributed by atoms with Crippen molar-refractivity contribution in [1.82, 2.24) is 0 Å². The summed E-state index contributed by atoms with van der Waals surface area (Å²) in [6.45, 7) is 0. The van der Waals surface area contributed by atoms with Gasteiger partial charge < -0.3 is 58.2 Å². The Bertz CT molecular complexity index is 543. The maximum absolute atomic E-state index is 11.4. The first-order valence-electron chi connectivity index (χ1n) is 7.10. The molecule has 1 aromatic carbocycles. The fourth-order valence-corrected chi connectivity index (χ4v) is 0.973. The Labute approximate surface area is 203 Å². The molecule has 2 rings (SSSR count). The molecular formula is C18H12F12Mn2O. The molecule has 0 atom stereocenters. The zero-order valence-electron chi connectivity index (χ0n) is 15.6. The fraction of sp³-hybridized carbons (Fsp3) is 0. The van der Waals surface area contributed by atoms with Gasteiger partial charge in [-0.1, -0.05) is 23.3 Å². The smallest absolute Gasteiger partial charge is 0.412 e. The van der Waals surface area contributed by atoms with Crippen LogP contribution in [-0.4, -0.2) is 5.48 Å². The normalized spacial score (nSPS) is 11.8. The van der Waals surface area contributed by atoms with Crippen molar-refractivity contribution in [2.75, 3.05) is 0 Å². The van der Waals surface area contributed by atoms with Gasteiger partial charge in [-0.15, -0.1) is 12.8 Å². The van der Waals surface area contributed by atoms with Gasteiger partial charge in [0.25, 0.3) is 0 Å². The Morgan fingerprint density at radius 3 is 0.970 bits per heavy atom. The van der Waals surface area contributed by atoms with Crippen LogP contribution in [0.1, 0.15) is 0 Å². The van der Waals surface area contributed by atoms with Gasteiger partial charge in [0, 0.05) is 0 Å². The molecular weight excluding hydrogens is 570 g/mol. The predicted octanol–water partition coefficient (Wildman–Crippen LogP) is 7.73. The summed E-state index contributed by atoms with van der Waals surface area (Å²) >= 11 is 0. The summed E-state index contributed by atoms with van der Waals surface area (Å²) in [5.74, 6) is -11.3. The molecule has 15 heteroatoms. The third-order valence-electron chi connectivity index (χ3n) is 2.16. The van der Waals surface area contributed by atoms with Crippen molar-refractivity contribution in [3.8, 4) is 0 Å². The van der Waals surface area contributed by atoms with Crippen molar-refractivity contribution in [3.63, 3.8) is 0 Å². The van der Waals surface area contributed by atoms with Crippen LogP contribution >= 0.6 is 0 Å². The van der Waals surface area contributed by atoms with Gasteiger partial charge in [-0.25, -0.2) is 30.7 Å². The second kappa shape index (κ2) is 24.7. The van der Waals surface area contributed by atoms with Crippen molar-refractivity contribution in [2.24, 2.45) is 0 Å². The van der Waals surface area contributed by atoms with Gasteiger partial charge in [0.05, 0.1) is 25.7 Å². The standard InChI is InChI=1S/2C5H5.2C4F6.2Mn.H2O/c2*1-2-4-5-3-1;2*5-1(3(7)8)2(6)4(9)10;;;/h2*1-5H;;;;;1H2/q2*-1;2*-2;2*+3;/b;;2*2-1-;;;. The van der Waals surface area contributed by atoms with Gasteiger partial charge in [0.15, 0.2) is 0 Å². The molecule has 0 fully saturated rings. The third kappa shape index (κ3) is 23.0. The summed E-state index contributed by atoms with van der Waals surface area (Å²) in [6.07, 6.45) is -2.42. The number of hydrogen-bond acceptors (Lipinski definition) is 0. The fourth-order valence-electron chi connectivity index (χ4n) is 0.973. The minimum Gasteiger partial charge on any atom is -0.412 e. The molecule has 1 nitrogen and oxygen atoms in total. The van der Waals surface area contributed by atoms with Crippen LogP contribution in [0.2, 0.25) is 0 Å². The van der Waals surface area contributed by atoms with Crippen LogP contribution < -0.4 is 0 Å². The predicted molar refractivity (Wildman–Crippen MR) is 88.0 cm³/mol. The monoisotopic (exact) mass is 582 g/mol. The zero-order chi connectivity index (χ0) is 23.7. The molecule has 1 aliphatic rings. The molecule has 1 aliphatic carbocycles. The molecule has 0 bridgehead atoms. The SMILES string of the molecule is F/C(=C(\F)[C-](F)F)[C-](F)F.F/C(=C(\F)[C-](F)F)[C-](F)F.O.[CH]1[CH][CH-]C=C1.[Mn+3].[Mn+3].c1cc[cH-]c1. The Morgan fingerprint density at radius 1 is 0.576 bits per heavy atom. The first-order chi connectivity index (χ1) is 13.9. The van der Waals surface area contributed by atoms with Gasteiger partial charge in [0.1, 0.15) is 0 Å². The van der Waals surface area contributed by atoms with E-state index in [2.05, 4.69) is 0 Å². The van der Waals surface area contributed by atoms with E-state index in [0.29, 0.717) is 0 Å². The van der Waals surface area contributed by atoms with Gasteiger partial charge in [-0.2, -0.15) is 18.2 Å². The second-order valence-electron chi connectivity index (χ2n) is 4.22. The number of rotatable bonds is 4. The van der Waals surface area contributed by atoms with E-state index in [9.17, 15) is 52.7 Å². The summed E-state index contributed by atoms with van der Waals surface area (Å²) in [6, 6.07) is 10.0. The first-order valence-corrected chi connectivity index (χ1v) is 7.10. The summed E-state index contributed by atoms with van der Waals surface area (Å²) in [5, 5.41) is 0. The average Bonchev–Trinajstić information content (AvgIpc) is 3.44. The average molecular weight is 582 g/mol. The summed E-state index contributed by atoms with van der Waals surface area (Å²) in [4.78, 5) is 0. The Morgan fingerprint density at radius 2 is 0.879 bits per heavy atom. The molecule has 1 aromatic rings. The van der Waals surface area contributed by atoms with E-state index < -0.39 is 49.0 Å². The van der Waals surface area contributed by atoms with Crippen LogP contribution in [-0.2, 0) is 34.1 Å². The van der Waals surface area contributed by atoms with E-state index in [1.54, 1.807) is 0 Å². The minimum absolute atomic E-state index is 0. The van der Waals surface area contributed by atoms with E-state index in [4.69, 9.17) is 0 Å². The molecule has 0 saturated heterocycles. The largest absolute Gasteiger partial charge is 3.00 e. The number of allylic oxidation sites excluding steroid dienone is 6. The Hall–Kier alpha value is -1.92. The van der Waals surface area contributed by atoms with Gasteiger partial charge in [-0.3, -0.25) is 0 Å². The topological polar surface area (TPSA) is 31.5 Å². The maximum Gasteiger partial charge on any atom is 3.00 e. The molecule has 0 saturated carbocycles. The summed E-state index contributed by atoms with van der Waals surface area (Å²) < 4.78 is 133. The molecule has 33 heavy (non-hydrogen) atoms. The van der Waals surface area contributed by atoms with Crippen LogP contribution in [0.5, 0.6) is 0 Å². The maximum atomic E-state index is 11.4. The van der Waals surface area contributed by atoms with E-state index in [1.807, 2.05) is 61.7 Å². The molecule has 2 radical (unpaired) electrons. The molecule has 2 N–H and O–H groups in total. The van der Waals surface area contributed by atoms with Crippen molar-refractivity contribution < 1.29 is 92.3 Å². The van der Waals surface area contributed by atoms with Crippen molar-refractivity contribution in [1.29, 1.82) is 0 Å². The van der Waals surface area contributed by atoms with Crippen molar-refractivity contribution in [3.05, 3.63) is 111 Å². The molecule has 0 unspecified atom stereocenters. The third-order valence-corrected chi connectivity index (χ3v) is 2.16. The van der Waals surface area contributed by atoms with Crippen LogP contribution in [0.15, 0.2) is 65.8 Å². The summed E-state index contributed by atoms with van der Waals surface area (Å²) in [5.41, 5.74) is 0. The Balaban J connectivity index is -0.000000106. The van der Waals surface area contributed by atoms with Crippen molar-refractivity contribution >= 4 is 0 Å². The van der Waals surface area contributed by atoms with Crippen LogP contribution in [0, 0.1) is 45.0 Å².